The molecule has 2 N–H and O–H groups in total. The molecule has 6 nitrogen and oxygen atoms in total. The molecule has 0 saturated heterocycles. The number of aromatic nitrogens is 1. The lowest BCUT2D eigenvalue weighted by molar-refractivity contribution is -0.121. The molecule has 3 rings (SSSR count). The van der Waals surface area contributed by atoms with Crippen LogP contribution in [-0.2, 0) is 16.0 Å². The second-order valence-electron chi connectivity index (χ2n) is 6.97. The van der Waals surface area contributed by atoms with Crippen LogP contribution in [0.25, 0.3) is 10.9 Å². The molecule has 146 valence electrons. The maximum Gasteiger partial charge on any atom is 0.224 e. The first kappa shape index (κ1) is 19.5. The number of carbonyl (C=O) groups is 2. The lowest BCUT2D eigenvalue weighted by atomic mass is 10.1. The molecule has 0 saturated carbocycles. The number of anilines is 2. The number of benzene rings is 2. The molecule has 0 aliphatic carbocycles. The Labute approximate surface area is 165 Å². The highest BCUT2D eigenvalue weighted by molar-refractivity contribution is 5.92. The second-order valence-corrected chi connectivity index (χ2v) is 6.97. The highest BCUT2D eigenvalue weighted by Gasteiger charge is 2.13. The van der Waals surface area contributed by atoms with Gasteiger partial charge in [-0.3, -0.25) is 9.59 Å². The van der Waals surface area contributed by atoms with Crippen molar-refractivity contribution in [2.24, 2.45) is 0 Å². The van der Waals surface area contributed by atoms with Gasteiger partial charge in [0, 0.05) is 62.6 Å². The summed E-state index contributed by atoms with van der Waals surface area (Å²) >= 11 is 0. The summed E-state index contributed by atoms with van der Waals surface area (Å²) in [6.07, 6.45) is 2.18. The van der Waals surface area contributed by atoms with Gasteiger partial charge in [-0.05, 0) is 35.9 Å². The van der Waals surface area contributed by atoms with E-state index in [1.165, 1.54) is 6.92 Å². The fourth-order valence-electron chi connectivity index (χ4n) is 3.22. The van der Waals surface area contributed by atoms with Crippen molar-refractivity contribution in [1.82, 2.24) is 10.3 Å². The molecule has 1 heterocycles. The maximum absolute atomic E-state index is 12.3. The number of nitrogens with zero attached hydrogens (tertiary/aromatic N) is 2. The Morgan fingerprint density at radius 3 is 2.36 bits per heavy atom. The molecule has 0 spiro atoms. The van der Waals surface area contributed by atoms with Crippen LogP contribution in [0.15, 0.2) is 54.7 Å². The van der Waals surface area contributed by atoms with Gasteiger partial charge < -0.3 is 20.1 Å². The zero-order chi connectivity index (χ0) is 20.1. The Hall–Kier alpha value is -3.28. The molecule has 0 atom stereocenters. The summed E-state index contributed by atoms with van der Waals surface area (Å²) in [5.41, 5.74) is 3.88. The first-order chi connectivity index (χ1) is 13.5. The fourth-order valence-corrected chi connectivity index (χ4v) is 3.22. The first-order valence-corrected chi connectivity index (χ1v) is 9.33. The normalized spacial score (nSPS) is 10.7. The van der Waals surface area contributed by atoms with E-state index >= 15 is 0 Å². The van der Waals surface area contributed by atoms with Gasteiger partial charge in [0.05, 0.1) is 6.42 Å². The van der Waals surface area contributed by atoms with Crippen molar-refractivity contribution in [2.45, 2.75) is 13.3 Å². The third kappa shape index (κ3) is 4.52. The van der Waals surface area contributed by atoms with E-state index in [1.54, 1.807) is 4.90 Å². The zero-order valence-electron chi connectivity index (χ0n) is 16.5. The minimum atomic E-state index is -0.0591. The molecular formula is C22H26N4O2. The van der Waals surface area contributed by atoms with E-state index in [-0.39, 0.29) is 11.8 Å². The van der Waals surface area contributed by atoms with Crippen molar-refractivity contribution >= 4 is 34.1 Å². The van der Waals surface area contributed by atoms with Crippen LogP contribution < -0.4 is 15.1 Å². The first-order valence-electron chi connectivity index (χ1n) is 9.33. The monoisotopic (exact) mass is 378 g/mol. The van der Waals surface area contributed by atoms with Gasteiger partial charge in [0.1, 0.15) is 0 Å². The van der Waals surface area contributed by atoms with Gasteiger partial charge in [-0.25, -0.2) is 0 Å². The molecule has 0 radical (unpaired) electrons. The Bertz CT molecular complexity index is 960. The molecule has 0 fully saturated rings. The van der Waals surface area contributed by atoms with Crippen LogP contribution in [0.5, 0.6) is 0 Å². The van der Waals surface area contributed by atoms with E-state index < -0.39 is 0 Å². The quantitative estimate of drug-likeness (QED) is 0.664. The van der Waals surface area contributed by atoms with Gasteiger partial charge in [-0.2, -0.15) is 0 Å². The number of hydrogen-bond donors (Lipinski definition) is 2. The predicted octanol–water partition coefficient (Wildman–Crippen LogP) is 2.95. The fraction of sp³-hybridized carbons (Fsp3) is 0.273. The van der Waals surface area contributed by atoms with E-state index in [1.807, 2.05) is 73.7 Å². The highest BCUT2D eigenvalue weighted by atomic mass is 16.2. The Kier molecular flexibility index (Phi) is 5.99. The van der Waals surface area contributed by atoms with Crippen LogP contribution in [0.3, 0.4) is 0 Å². The zero-order valence-corrected chi connectivity index (χ0v) is 16.5. The number of para-hydroxylation sites is 1. The summed E-state index contributed by atoms with van der Waals surface area (Å²) in [6.45, 7) is 2.36. The number of aromatic amines is 1. The smallest absolute Gasteiger partial charge is 0.224 e. The van der Waals surface area contributed by atoms with Gasteiger partial charge in [-0.1, -0.05) is 18.2 Å². The third-order valence-corrected chi connectivity index (χ3v) is 4.74. The van der Waals surface area contributed by atoms with Gasteiger partial charge in [0.15, 0.2) is 0 Å². The van der Waals surface area contributed by atoms with Crippen LogP contribution in [0.2, 0.25) is 0 Å². The molecule has 3 aromatic rings. The molecule has 6 heteroatoms. The minimum Gasteiger partial charge on any atom is -0.378 e. The largest absolute Gasteiger partial charge is 0.378 e. The molecular weight excluding hydrogens is 352 g/mol. The molecule has 0 aliphatic heterocycles. The van der Waals surface area contributed by atoms with E-state index in [0.29, 0.717) is 19.5 Å². The van der Waals surface area contributed by atoms with E-state index in [2.05, 4.69) is 10.3 Å². The third-order valence-electron chi connectivity index (χ3n) is 4.74. The molecule has 0 unspecified atom stereocenters. The van der Waals surface area contributed by atoms with Crippen molar-refractivity contribution in [3.63, 3.8) is 0 Å². The Morgan fingerprint density at radius 2 is 1.68 bits per heavy atom. The summed E-state index contributed by atoms with van der Waals surface area (Å²) < 4.78 is 0. The van der Waals surface area contributed by atoms with Crippen molar-refractivity contribution in [1.29, 1.82) is 0 Å². The summed E-state index contributed by atoms with van der Waals surface area (Å²) in [4.78, 5) is 31.2. The van der Waals surface area contributed by atoms with Crippen LogP contribution in [0.4, 0.5) is 11.4 Å². The van der Waals surface area contributed by atoms with Gasteiger partial charge in [-0.15, -0.1) is 0 Å². The van der Waals surface area contributed by atoms with Crippen molar-refractivity contribution in [2.75, 3.05) is 37.0 Å². The van der Waals surface area contributed by atoms with Crippen LogP contribution in [0.1, 0.15) is 12.5 Å². The van der Waals surface area contributed by atoms with E-state index in [9.17, 15) is 9.59 Å². The molecule has 2 aromatic carbocycles. The lowest BCUT2D eigenvalue weighted by Crippen LogP contribution is -2.38. The molecule has 28 heavy (non-hydrogen) atoms. The Morgan fingerprint density at radius 1 is 1.00 bits per heavy atom. The predicted molar refractivity (Wildman–Crippen MR) is 114 cm³/mol. The Balaban J connectivity index is 1.57. The van der Waals surface area contributed by atoms with Gasteiger partial charge >= 0.3 is 0 Å². The van der Waals surface area contributed by atoms with E-state index in [0.717, 1.165) is 27.8 Å². The number of nitrogens with one attached hydrogen (secondary N) is 2. The number of hydrogen-bond acceptors (Lipinski definition) is 3. The van der Waals surface area contributed by atoms with Crippen LogP contribution in [-0.4, -0.2) is 44.0 Å². The lowest BCUT2D eigenvalue weighted by Gasteiger charge is -2.22. The molecule has 0 bridgehead atoms. The topological polar surface area (TPSA) is 68.4 Å². The number of amides is 2. The van der Waals surface area contributed by atoms with Gasteiger partial charge in [0.2, 0.25) is 11.8 Å². The number of rotatable bonds is 7. The molecule has 1 aromatic heterocycles. The summed E-state index contributed by atoms with van der Waals surface area (Å²) in [7, 11) is 3.95. The number of carbonyl (C=O) groups excluding carboxylic acids is 2. The highest BCUT2D eigenvalue weighted by Crippen LogP contribution is 2.20. The minimum absolute atomic E-state index is 0.0523. The summed E-state index contributed by atoms with van der Waals surface area (Å²) in [5.74, 6) is -0.111. The summed E-state index contributed by atoms with van der Waals surface area (Å²) in [5, 5.41) is 3.97. The van der Waals surface area contributed by atoms with Crippen LogP contribution in [0, 0.1) is 0 Å². The standard InChI is InChI=1S/C22H26N4O2/c1-16(27)26(19-10-8-18(9-11-19)25(2)3)13-12-23-22(28)14-17-15-24-21-7-5-4-6-20(17)21/h4-11,15,24H,12-14H2,1-3H3,(H,23,28). The maximum atomic E-state index is 12.3. The van der Waals surface area contributed by atoms with Crippen molar-refractivity contribution in [3.8, 4) is 0 Å². The van der Waals surface area contributed by atoms with Crippen molar-refractivity contribution < 1.29 is 9.59 Å². The number of H-pyrrole nitrogens is 1. The average Bonchev–Trinajstić information content (AvgIpc) is 3.08. The average molecular weight is 378 g/mol. The summed E-state index contributed by atoms with van der Waals surface area (Å²) in [6, 6.07) is 15.7. The molecule has 2 amide bonds. The van der Waals surface area contributed by atoms with Gasteiger partial charge in [0.25, 0.3) is 0 Å². The second kappa shape index (κ2) is 8.61. The van der Waals surface area contributed by atoms with E-state index in [4.69, 9.17) is 0 Å². The number of fused-ring (bicyclic) bond motifs is 1. The SMILES string of the molecule is CC(=O)N(CCNC(=O)Cc1c[nH]c2ccccc12)c1ccc(N(C)C)cc1. The van der Waals surface area contributed by atoms with Crippen molar-refractivity contribution in [3.05, 3.63) is 60.3 Å². The van der Waals surface area contributed by atoms with Crippen LogP contribution >= 0.6 is 0 Å². The molecule has 0 aliphatic rings.